The van der Waals surface area contributed by atoms with Crippen LogP contribution in [0.1, 0.15) is 31.0 Å². The van der Waals surface area contributed by atoms with Crippen LogP contribution in [-0.2, 0) is 18.4 Å². The highest BCUT2D eigenvalue weighted by molar-refractivity contribution is 5.76. The molecular weight excluding hydrogens is 204 g/mol. The van der Waals surface area contributed by atoms with Gasteiger partial charge in [0, 0.05) is 37.3 Å². The zero-order valence-corrected chi connectivity index (χ0v) is 10.2. The van der Waals surface area contributed by atoms with Crippen molar-refractivity contribution in [2.45, 2.75) is 39.3 Å². The Hall–Kier alpha value is -1.36. The van der Waals surface area contributed by atoms with Crippen LogP contribution in [0.4, 0.5) is 0 Å². The first-order valence-electron chi connectivity index (χ1n) is 5.54. The molecule has 0 aliphatic carbocycles. The third kappa shape index (κ3) is 3.34. The molecule has 0 spiro atoms. The lowest BCUT2D eigenvalue weighted by Gasteiger charge is -2.09. The summed E-state index contributed by atoms with van der Waals surface area (Å²) in [6.45, 7) is 4.48. The van der Waals surface area contributed by atoms with E-state index in [2.05, 4.69) is 10.4 Å². The van der Waals surface area contributed by atoms with Crippen molar-refractivity contribution in [3.8, 4) is 0 Å². The smallest absolute Gasteiger partial charge is 0.221 e. The number of nitrogens with two attached hydrogens (primary N) is 1. The van der Waals surface area contributed by atoms with Crippen molar-refractivity contribution in [1.82, 2.24) is 15.1 Å². The van der Waals surface area contributed by atoms with Crippen LogP contribution >= 0.6 is 0 Å². The number of aryl methyl sites for hydroxylation is 1. The summed E-state index contributed by atoms with van der Waals surface area (Å²) in [6, 6.07) is -0.0463. The molecule has 1 heterocycles. The fraction of sp³-hybridized carbons (Fsp3) is 0.636. The summed E-state index contributed by atoms with van der Waals surface area (Å²) in [4.78, 5) is 11.5. The fourth-order valence-corrected chi connectivity index (χ4v) is 1.37. The molecule has 5 nitrogen and oxygen atoms in total. The zero-order chi connectivity index (χ0) is 12.1. The Morgan fingerprint density at radius 1 is 1.69 bits per heavy atom. The second-order valence-electron chi connectivity index (χ2n) is 4.03. The lowest BCUT2D eigenvalue weighted by molar-refractivity contribution is -0.121. The number of nitrogens with one attached hydrogen (secondary N) is 1. The monoisotopic (exact) mass is 224 g/mol. The number of hydrogen-bond donors (Lipinski definition) is 2. The Labute approximate surface area is 96.0 Å². The molecule has 1 aromatic rings. The summed E-state index contributed by atoms with van der Waals surface area (Å²) in [5.74, 6) is -0.00222. The Morgan fingerprint density at radius 3 is 2.88 bits per heavy atom. The number of nitrogens with zero attached hydrogens (tertiary/aromatic N) is 2. The van der Waals surface area contributed by atoms with Crippen molar-refractivity contribution in [2.24, 2.45) is 12.8 Å². The molecule has 1 amide bonds. The molecule has 1 atom stereocenters. The van der Waals surface area contributed by atoms with Crippen molar-refractivity contribution in [1.29, 1.82) is 0 Å². The molecule has 0 saturated carbocycles. The maximum absolute atomic E-state index is 11.5. The van der Waals surface area contributed by atoms with Crippen LogP contribution in [0.2, 0.25) is 0 Å². The topological polar surface area (TPSA) is 72.9 Å². The minimum absolute atomic E-state index is 0.00222. The van der Waals surface area contributed by atoms with Gasteiger partial charge in [-0.3, -0.25) is 9.48 Å². The minimum atomic E-state index is -0.0463. The first-order chi connectivity index (χ1) is 7.54. The van der Waals surface area contributed by atoms with Gasteiger partial charge in [0.1, 0.15) is 0 Å². The molecule has 16 heavy (non-hydrogen) atoms. The third-order valence-electron chi connectivity index (χ3n) is 2.78. The second kappa shape index (κ2) is 5.65. The van der Waals surface area contributed by atoms with Crippen LogP contribution < -0.4 is 11.1 Å². The summed E-state index contributed by atoms with van der Waals surface area (Å²) in [7, 11) is 1.88. The average molecular weight is 224 g/mol. The van der Waals surface area contributed by atoms with Gasteiger partial charge in [-0.05, 0) is 13.3 Å². The SMILES string of the molecule is CCC(N)CC(=O)NCc1cnn(C)c1C. The van der Waals surface area contributed by atoms with Gasteiger partial charge < -0.3 is 11.1 Å². The zero-order valence-electron chi connectivity index (χ0n) is 10.2. The molecule has 1 rings (SSSR count). The minimum Gasteiger partial charge on any atom is -0.352 e. The highest BCUT2D eigenvalue weighted by atomic mass is 16.1. The third-order valence-corrected chi connectivity index (χ3v) is 2.78. The van der Waals surface area contributed by atoms with Crippen LogP contribution in [-0.4, -0.2) is 21.7 Å². The molecule has 0 saturated heterocycles. The number of carbonyl (C=O) groups is 1. The quantitative estimate of drug-likeness (QED) is 0.763. The van der Waals surface area contributed by atoms with E-state index in [1.54, 1.807) is 10.9 Å². The molecule has 0 bridgehead atoms. The fourth-order valence-electron chi connectivity index (χ4n) is 1.37. The standard InChI is InChI=1S/C11H20N4O/c1-4-10(12)5-11(16)13-6-9-7-14-15(3)8(9)2/h7,10H,4-6,12H2,1-3H3,(H,13,16). The van der Waals surface area contributed by atoms with E-state index < -0.39 is 0 Å². The van der Waals surface area contributed by atoms with E-state index in [0.29, 0.717) is 13.0 Å². The number of amides is 1. The van der Waals surface area contributed by atoms with Crippen molar-refractivity contribution in [2.75, 3.05) is 0 Å². The lowest BCUT2D eigenvalue weighted by Crippen LogP contribution is -2.31. The summed E-state index contributed by atoms with van der Waals surface area (Å²) in [5, 5.41) is 6.96. The van der Waals surface area contributed by atoms with Crippen molar-refractivity contribution >= 4 is 5.91 Å². The van der Waals surface area contributed by atoms with E-state index in [4.69, 9.17) is 5.73 Å². The predicted octanol–water partition coefficient (Wildman–Crippen LogP) is 0.472. The summed E-state index contributed by atoms with van der Waals surface area (Å²) in [5.41, 5.74) is 7.81. The van der Waals surface area contributed by atoms with E-state index in [1.807, 2.05) is 20.9 Å². The first-order valence-corrected chi connectivity index (χ1v) is 5.54. The second-order valence-corrected chi connectivity index (χ2v) is 4.03. The Kier molecular flexibility index (Phi) is 4.49. The molecule has 0 aromatic carbocycles. The number of aromatic nitrogens is 2. The number of rotatable bonds is 5. The Balaban J connectivity index is 2.40. The van der Waals surface area contributed by atoms with Gasteiger partial charge in [-0.15, -0.1) is 0 Å². The molecule has 90 valence electrons. The summed E-state index contributed by atoms with van der Waals surface area (Å²) in [6.07, 6.45) is 2.98. The normalized spacial score (nSPS) is 12.5. The molecule has 0 aliphatic rings. The molecule has 0 aliphatic heterocycles. The highest BCUT2D eigenvalue weighted by Crippen LogP contribution is 2.04. The molecule has 3 N–H and O–H groups in total. The number of carbonyl (C=O) groups excluding carboxylic acids is 1. The van der Waals surface area contributed by atoms with Crippen LogP contribution in [0, 0.1) is 6.92 Å². The van der Waals surface area contributed by atoms with Gasteiger partial charge in [-0.1, -0.05) is 6.92 Å². The first kappa shape index (κ1) is 12.7. The van der Waals surface area contributed by atoms with Gasteiger partial charge in [0.2, 0.25) is 5.91 Å². The van der Waals surface area contributed by atoms with E-state index in [0.717, 1.165) is 17.7 Å². The maximum atomic E-state index is 11.5. The van der Waals surface area contributed by atoms with Crippen LogP contribution in [0.5, 0.6) is 0 Å². The van der Waals surface area contributed by atoms with Crippen molar-refractivity contribution in [3.05, 3.63) is 17.5 Å². The van der Waals surface area contributed by atoms with Crippen LogP contribution in [0.3, 0.4) is 0 Å². The summed E-state index contributed by atoms with van der Waals surface area (Å²) >= 11 is 0. The predicted molar refractivity (Wildman–Crippen MR) is 62.7 cm³/mol. The van der Waals surface area contributed by atoms with Crippen LogP contribution in [0.25, 0.3) is 0 Å². The highest BCUT2D eigenvalue weighted by Gasteiger charge is 2.09. The van der Waals surface area contributed by atoms with Crippen LogP contribution in [0.15, 0.2) is 6.20 Å². The summed E-state index contributed by atoms with van der Waals surface area (Å²) < 4.78 is 1.79. The van der Waals surface area contributed by atoms with Gasteiger partial charge in [0.15, 0.2) is 0 Å². The van der Waals surface area contributed by atoms with Gasteiger partial charge in [0.05, 0.1) is 6.20 Å². The van der Waals surface area contributed by atoms with Crippen molar-refractivity contribution in [3.63, 3.8) is 0 Å². The molecule has 0 radical (unpaired) electrons. The Morgan fingerprint density at radius 2 is 2.38 bits per heavy atom. The van der Waals surface area contributed by atoms with E-state index in [-0.39, 0.29) is 11.9 Å². The molecule has 1 aromatic heterocycles. The van der Waals surface area contributed by atoms with E-state index in [9.17, 15) is 4.79 Å². The van der Waals surface area contributed by atoms with Gasteiger partial charge >= 0.3 is 0 Å². The maximum Gasteiger partial charge on any atom is 0.221 e. The molecule has 1 unspecified atom stereocenters. The van der Waals surface area contributed by atoms with Crippen molar-refractivity contribution < 1.29 is 4.79 Å². The van der Waals surface area contributed by atoms with Gasteiger partial charge in [-0.2, -0.15) is 5.10 Å². The molecule has 0 fully saturated rings. The van der Waals surface area contributed by atoms with E-state index in [1.165, 1.54) is 0 Å². The van der Waals surface area contributed by atoms with Gasteiger partial charge in [0.25, 0.3) is 0 Å². The molecular formula is C11H20N4O. The lowest BCUT2D eigenvalue weighted by atomic mass is 10.1. The van der Waals surface area contributed by atoms with Gasteiger partial charge in [-0.25, -0.2) is 0 Å². The number of hydrogen-bond acceptors (Lipinski definition) is 3. The Bertz CT molecular complexity index is 359. The largest absolute Gasteiger partial charge is 0.352 e. The van der Waals surface area contributed by atoms with E-state index >= 15 is 0 Å². The molecule has 5 heteroatoms. The average Bonchev–Trinajstić information content (AvgIpc) is 2.57.